The topological polar surface area (TPSA) is 68.3 Å². The average molecular weight is 386 g/mol. The molecule has 2 heterocycles. The lowest BCUT2D eigenvalue weighted by Crippen LogP contribution is -2.32. The largest absolute Gasteiger partial charge is 0.451 e. The van der Waals surface area contributed by atoms with Crippen molar-refractivity contribution in [2.75, 3.05) is 6.61 Å². The molecule has 0 aliphatic carbocycles. The highest BCUT2D eigenvalue weighted by atomic mass is 32.1. The minimum absolute atomic E-state index is 0.269. The van der Waals surface area contributed by atoms with E-state index >= 15 is 0 Å². The molecular weight excluding hydrogens is 368 g/mol. The summed E-state index contributed by atoms with van der Waals surface area (Å²) in [5.41, 5.74) is 1.60. The first-order valence-corrected chi connectivity index (χ1v) is 9.73. The van der Waals surface area contributed by atoms with Gasteiger partial charge in [0.05, 0.1) is 16.7 Å². The van der Waals surface area contributed by atoms with E-state index in [0.717, 1.165) is 15.4 Å². The predicted octanol–water partition coefficient (Wildman–Crippen LogP) is 3.88. The fourth-order valence-corrected chi connectivity index (χ4v) is 4.16. The van der Waals surface area contributed by atoms with Crippen molar-refractivity contribution in [3.63, 3.8) is 0 Å². The van der Waals surface area contributed by atoms with Gasteiger partial charge in [-0.15, -0.1) is 22.7 Å². The first-order valence-electron chi connectivity index (χ1n) is 8.03. The first-order chi connectivity index (χ1) is 12.5. The van der Waals surface area contributed by atoms with Gasteiger partial charge in [0.15, 0.2) is 6.61 Å². The van der Waals surface area contributed by atoms with Gasteiger partial charge in [-0.05, 0) is 30.9 Å². The molecular formula is C19H18N2O3S2. The molecule has 1 atom stereocenters. The summed E-state index contributed by atoms with van der Waals surface area (Å²) in [5.74, 6) is -0.866. The van der Waals surface area contributed by atoms with Crippen LogP contribution >= 0.6 is 22.7 Å². The molecule has 0 radical (unpaired) electrons. The number of ether oxygens (including phenoxy) is 1. The Morgan fingerprint density at radius 1 is 1.15 bits per heavy atom. The van der Waals surface area contributed by atoms with E-state index in [2.05, 4.69) is 10.3 Å². The molecule has 3 aromatic rings. The number of carbonyl (C=O) groups is 2. The number of aryl methyl sites for hydroxylation is 2. The SMILES string of the molecule is Cc1nc(C)c(C(=O)OCC(=O)N[C@@H](c2ccccc2)c2cccs2)s1. The Morgan fingerprint density at radius 3 is 2.54 bits per heavy atom. The second-order valence-electron chi connectivity index (χ2n) is 5.65. The van der Waals surface area contributed by atoms with Crippen molar-refractivity contribution < 1.29 is 14.3 Å². The van der Waals surface area contributed by atoms with E-state index in [0.29, 0.717) is 10.6 Å². The quantitative estimate of drug-likeness (QED) is 0.653. The summed E-state index contributed by atoms with van der Waals surface area (Å²) in [7, 11) is 0. The lowest BCUT2D eigenvalue weighted by molar-refractivity contribution is -0.124. The molecule has 0 fully saturated rings. The van der Waals surface area contributed by atoms with Crippen molar-refractivity contribution in [3.05, 3.63) is 73.9 Å². The van der Waals surface area contributed by atoms with E-state index in [1.54, 1.807) is 18.3 Å². The number of nitrogens with zero attached hydrogens (tertiary/aromatic N) is 1. The normalized spacial score (nSPS) is 11.8. The maximum absolute atomic E-state index is 12.4. The molecule has 2 aromatic heterocycles. The highest BCUT2D eigenvalue weighted by Gasteiger charge is 2.20. The molecule has 0 aliphatic heterocycles. The van der Waals surface area contributed by atoms with Gasteiger partial charge in [0, 0.05) is 4.88 Å². The molecule has 0 saturated carbocycles. The molecule has 0 unspecified atom stereocenters. The van der Waals surface area contributed by atoms with Crippen LogP contribution in [0.2, 0.25) is 0 Å². The predicted molar refractivity (Wildman–Crippen MR) is 103 cm³/mol. The third-order valence-electron chi connectivity index (χ3n) is 3.69. The van der Waals surface area contributed by atoms with E-state index in [-0.39, 0.29) is 18.6 Å². The Balaban J connectivity index is 1.65. The summed E-state index contributed by atoms with van der Waals surface area (Å²) in [6.07, 6.45) is 0. The molecule has 1 aromatic carbocycles. The number of amides is 1. The van der Waals surface area contributed by atoms with Crippen LogP contribution in [0, 0.1) is 13.8 Å². The van der Waals surface area contributed by atoms with Gasteiger partial charge >= 0.3 is 5.97 Å². The molecule has 0 saturated heterocycles. The molecule has 0 spiro atoms. The van der Waals surface area contributed by atoms with Crippen LogP contribution in [0.1, 0.15) is 36.9 Å². The zero-order valence-electron chi connectivity index (χ0n) is 14.4. The standard InChI is InChI=1S/C19H18N2O3S2/c1-12-18(26-13(2)20-12)19(23)24-11-16(22)21-17(15-9-6-10-25-15)14-7-4-3-5-8-14/h3-10,17H,11H2,1-2H3,(H,21,22)/t17-/m0/s1. The van der Waals surface area contributed by atoms with Crippen LogP contribution in [-0.4, -0.2) is 23.5 Å². The van der Waals surface area contributed by atoms with Crippen LogP contribution in [0.15, 0.2) is 47.8 Å². The Labute approximate surface area is 159 Å². The third kappa shape index (κ3) is 4.36. The van der Waals surface area contributed by atoms with Crippen LogP contribution in [-0.2, 0) is 9.53 Å². The Kier molecular flexibility index (Phi) is 5.80. The maximum Gasteiger partial charge on any atom is 0.350 e. The maximum atomic E-state index is 12.4. The van der Waals surface area contributed by atoms with Crippen LogP contribution in [0.5, 0.6) is 0 Å². The Hall–Kier alpha value is -2.51. The van der Waals surface area contributed by atoms with Crippen LogP contribution in [0.25, 0.3) is 0 Å². The Morgan fingerprint density at radius 2 is 1.92 bits per heavy atom. The second kappa shape index (κ2) is 8.25. The number of carbonyl (C=O) groups excluding carboxylic acids is 2. The lowest BCUT2D eigenvalue weighted by atomic mass is 10.1. The summed E-state index contributed by atoms with van der Waals surface area (Å²) >= 11 is 2.83. The van der Waals surface area contributed by atoms with Crippen molar-refractivity contribution in [2.24, 2.45) is 0 Å². The summed E-state index contributed by atoms with van der Waals surface area (Å²) in [4.78, 5) is 30.1. The van der Waals surface area contributed by atoms with Gasteiger partial charge in [-0.2, -0.15) is 0 Å². The zero-order valence-corrected chi connectivity index (χ0v) is 16.0. The van der Waals surface area contributed by atoms with Gasteiger partial charge in [-0.25, -0.2) is 9.78 Å². The number of aromatic nitrogens is 1. The highest BCUT2D eigenvalue weighted by Crippen LogP contribution is 2.26. The minimum Gasteiger partial charge on any atom is -0.451 e. The van der Waals surface area contributed by atoms with Crippen molar-refractivity contribution in [1.82, 2.24) is 10.3 Å². The third-order valence-corrected chi connectivity index (χ3v) is 5.68. The van der Waals surface area contributed by atoms with Crippen molar-refractivity contribution >= 4 is 34.6 Å². The molecule has 1 N–H and O–H groups in total. The van der Waals surface area contributed by atoms with Gasteiger partial charge in [0.2, 0.25) is 0 Å². The minimum atomic E-state index is -0.518. The lowest BCUT2D eigenvalue weighted by Gasteiger charge is -2.18. The summed E-state index contributed by atoms with van der Waals surface area (Å²) in [6, 6.07) is 13.3. The number of rotatable bonds is 6. The first kappa shape index (κ1) is 18.3. The van der Waals surface area contributed by atoms with Gasteiger partial charge in [0.1, 0.15) is 4.88 Å². The molecule has 134 valence electrons. The van der Waals surface area contributed by atoms with Crippen molar-refractivity contribution in [2.45, 2.75) is 19.9 Å². The number of thiazole rings is 1. The summed E-state index contributed by atoms with van der Waals surface area (Å²) in [6.45, 7) is 3.25. The summed E-state index contributed by atoms with van der Waals surface area (Å²) in [5, 5.41) is 5.70. The molecule has 1 amide bonds. The number of hydrogen-bond donors (Lipinski definition) is 1. The molecule has 26 heavy (non-hydrogen) atoms. The van der Waals surface area contributed by atoms with Gasteiger partial charge < -0.3 is 10.1 Å². The van der Waals surface area contributed by atoms with Crippen LogP contribution in [0.3, 0.4) is 0 Å². The summed E-state index contributed by atoms with van der Waals surface area (Å²) < 4.78 is 5.16. The molecule has 0 bridgehead atoms. The molecule has 0 aliphatic rings. The number of hydrogen-bond acceptors (Lipinski definition) is 6. The van der Waals surface area contributed by atoms with E-state index in [1.807, 2.05) is 54.8 Å². The average Bonchev–Trinajstić information content (AvgIpc) is 3.28. The molecule has 5 nitrogen and oxygen atoms in total. The van der Waals surface area contributed by atoms with Crippen LogP contribution < -0.4 is 5.32 Å². The fourth-order valence-electron chi connectivity index (χ4n) is 2.54. The van der Waals surface area contributed by atoms with E-state index in [4.69, 9.17) is 4.74 Å². The number of nitrogens with one attached hydrogen (secondary N) is 1. The zero-order chi connectivity index (χ0) is 18.5. The van der Waals surface area contributed by atoms with Crippen molar-refractivity contribution in [3.8, 4) is 0 Å². The smallest absolute Gasteiger partial charge is 0.350 e. The second-order valence-corrected chi connectivity index (χ2v) is 7.83. The van der Waals surface area contributed by atoms with Gasteiger partial charge in [-0.3, -0.25) is 4.79 Å². The van der Waals surface area contributed by atoms with E-state index in [9.17, 15) is 9.59 Å². The van der Waals surface area contributed by atoms with Crippen molar-refractivity contribution in [1.29, 1.82) is 0 Å². The monoisotopic (exact) mass is 386 g/mol. The number of thiophene rings is 1. The van der Waals surface area contributed by atoms with E-state index < -0.39 is 5.97 Å². The van der Waals surface area contributed by atoms with Crippen LogP contribution in [0.4, 0.5) is 0 Å². The van der Waals surface area contributed by atoms with E-state index in [1.165, 1.54) is 11.3 Å². The Bertz CT molecular complexity index is 889. The fraction of sp³-hybridized carbons (Fsp3) is 0.211. The number of benzene rings is 1. The highest BCUT2D eigenvalue weighted by molar-refractivity contribution is 7.13. The van der Waals surface area contributed by atoms with Gasteiger partial charge in [-0.1, -0.05) is 36.4 Å². The molecule has 7 heteroatoms. The molecule has 3 rings (SSSR count). The number of esters is 1. The van der Waals surface area contributed by atoms with Gasteiger partial charge in [0.25, 0.3) is 5.91 Å².